The number of halogens is 1. The van der Waals surface area contributed by atoms with Gasteiger partial charge in [0.2, 0.25) is 15.7 Å². The molecule has 1 heterocycles. The minimum Gasteiger partial charge on any atom is -0.394 e. The van der Waals surface area contributed by atoms with Gasteiger partial charge in [0.15, 0.2) is 28.7 Å². The molecule has 0 saturated carbocycles. The molecule has 0 aliphatic carbocycles. The highest BCUT2D eigenvalue weighted by Crippen LogP contribution is 2.53. The third-order valence-corrected chi connectivity index (χ3v) is 5.80. The number of aliphatic hydroxyl groups excluding tert-OH is 1. The number of ketones is 4. The van der Waals surface area contributed by atoms with Crippen molar-refractivity contribution in [3.05, 3.63) is 0 Å². The van der Waals surface area contributed by atoms with Gasteiger partial charge in [-0.2, -0.15) is 0 Å². The number of aliphatic hydroxyl groups is 4. The van der Waals surface area contributed by atoms with Crippen molar-refractivity contribution in [2.75, 3.05) is 6.61 Å². The summed E-state index contributed by atoms with van der Waals surface area (Å²) >= 11 is 2.72. The predicted octanol–water partition coefficient (Wildman–Crippen LogP) is -1.98. The maximum absolute atomic E-state index is 12.2. The average Bonchev–Trinajstić information content (AvgIpc) is 2.47. The van der Waals surface area contributed by atoms with E-state index in [1.807, 2.05) is 0 Å². The lowest BCUT2D eigenvalue weighted by molar-refractivity contribution is -0.321. The van der Waals surface area contributed by atoms with Crippen LogP contribution in [0.15, 0.2) is 0 Å². The highest BCUT2D eigenvalue weighted by Gasteiger charge is 2.83. The number of hydrogen-bond acceptors (Lipinski definition) is 9. The van der Waals surface area contributed by atoms with Crippen LogP contribution >= 0.6 is 15.9 Å². The molecule has 1 rings (SSSR count). The van der Waals surface area contributed by atoms with Crippen LogP contribution in [0.2, 0.25) is 0 Å². The Morgan fingerprint density at radius 3 is 1.54 bits per heavy atom. The van der Waals surface area contributed by atoms with E-state index in [9.17, 15) is 39.6 Å². The monoisotopic (exact) mass is 410 g/mol. The molecule has 136 valence electrons. The second kappa shape index (κ2) is 6.04. The summed E-state index contributed by atoms with van der Waals surface area (Å²) in [6.45, 7) is 2.02. The van der Waals surface area contributed by atoms with Gasteiger partial charge in [0.1, 0.15) is 6.10 Å². The molecule has 24 heavy (non-hydrogen) atoms. The zero-order chi connectivity index (χ0) is 19.3. The summed E-state index contributed by atoms with van der Waals surface area (Å²) < 4.78 is 2.47. The first-order valence-corrected chi connectivity index (χ1v) is 7.67. The largest absolute Gasteiger partial charge is 0.394 e. The van der Waals surface area contributed by atoms with Crippen LogP contribution in [0.5, 0.6) is 0 Å². The second-order valence-corrected chi connectivity index (χ2v) is 6.91. The lowest BCUT2D eigenvalue weighted by Crippen LogP contribution is -2.89. The lowest BCUT2D eigenvalue weighted by atomic mass is 9.59. The number of Topliss-reactive ketones (excluding diaryl/α,β-unsaturated/α-hetero) is 4. The molecular formula is C14H19BrO9. The first-order valence-electron chi connectivity index (χ1n) is 6.88. The Balaban J connectivity index is 4.05. The topological polar surface area (TPSA) is 158 Å². The third-order valence-electron chi connectivity index (χ3n) is 4.49. The Morgan fingerprint density at radius 2 is 1.29 bits per heavy atom. The summed E-state index contributed by atoms with van der Waals surface area (Å²) in [5.41, 5.74) is -9.98. The van der Waals surface area contributed by atoms with E-state index in [4.69, 9.17) is 4.74 Å². The first kappa shape index (κ1) is 21.0. The van der Waals surface area contributed by atoms with Crippen LogP contribution in [-0.4, -0.2) is 77.6 Å². The number of carbonyl (C=O) groups is 4. The quantitative estimate of drug-likeness (QED) is 0.376. The van der Waals surface area contributed by atoms with Gasteiger partial charge in [-0.15, -0.1) is 0 Å². The Morgan fingerprint density at radius 1 is 0.875 bits per heavy atom. The number of rotatable bonds is 5. The molecule has 0 bridgehead atoms. The smallest absolute Gasteiger partial charge is 0.220 e. The van der Waals surface area contributed by atoms with Gasteiger partial charge in [-0.05, 0) is 43.6 Å². The molecule has 4 N–H and O–H groups in total. The fourth-order valence-corrected chi connectivity index (χ4v) is 3.89. The molecule has 1 fully saturated rings. The fourth-order valence-electron chi connectivity index (χ4n) is 3.10. The van der Waals surface area contributed by atoms with Crippen molar-refractivity contribution in [2.24, 2.45) is 0 Å². The van der Waals surface area contributed by atoms with Crippen molar-refractivity contribution in [3.8, 4) is 0 Å². The zero-order valence-electron chi connectivity index (χ0n) is 13.5. The molecule has 1 saturated heterocycles. The molecule has 0 aromatic rings. The molecule has 0 aromatic heterocycles. The third kappa shape index (κ3) is 2.11. The summed E-state index contributed by atoms with van der Waals surface area (Å²) in [4.78, 5) is 48.4. The van der Waals surface area contributed by atoms with Crippen LogP contribution in [0.25, 0.3) is 0 Å². The van der Waals surface area contributed by atoms with Crippen LogP contribution in [0, 0.1) is 0 Å². The Hall–Kier alpha value is -1.04. The molecule has 1 aliphatic heterocycles. The van der Waals surface area contributed by atoms with Crippen LogP contribution in [0.3, 0.4) is 0 Å². The van der Waals surface area contributed by atoms with Crippen molar-refractivity contribution < 1.29 is 44.3 Å². The highest BCUT2D eigenvalue weighted by atomic mass is 79.9. The van der Waals surface area contributed by atoms with E-state index < -0.39 is 57.2 Å². The van der Waals surface area contributed by atoms with E-state index in [1.165, 1.54) is 0 Å². The summed E-state index contributed by atoms with van der Waals surface area (Å²) in [5.74, 6) is -4.98. The van der Waals surface area contributed by atoms with E-state index in [2.05, 4.69) is 15.9 Å². The second-order valence-electron chi connectivity index (χ2n) is 5.80. The lowest BCUT2D eigenvalue weighted by Gasteiger charge is -2.60. The summed E-state index contributed by atoms with van der Waals surface area (Å²) in [5, 5.41) is 42.1. The van der Waals surface area contributed by atoms with Crippen molar-refractivity contribution in [2.45, 2.75) is 55.1 Å². The van der Waals surface area contributed by atoms with Gasteiger partial charge in [0, 0.05) is 0 Å². The van der Waals surface area contributed by atoms with E-state index in [0.29, 0.717) is 0 Å². The van der Waals surface area contributed by atoms with Crippen LogP contribution in [-0.2, 0) is 23.9 Å². The molecule has 0 radical (unpaired) electrons. The van der Waals surface area contributed by atoms with E-state index >= 15 is 0 Å². The Kier molecular flexibility index (Phi) is 5.29. The molecule has 0 amide bonds. The van der Waals surface area contributed by atoms with Crippen molar-refractivity contribution >= 4 is 39.1 Å². The molecule has 10 heteroatoms. The van der Waals surface area contributed by atoms with E-state index in [1.54, 1.807) is 0 Å². The molecule has 1 aliphatic rings. The van der Waals surface area contributed by atoms with Gasteiger partial charge >= 0.3 is 0 Å². The van der Waals surface area contributed by atoms with Gasteiger partial charge in [0.25, 0.3) is 0 Å². The molecule has 0 unspecified atom stereocenters. The summed E-state index contributed by atoms with van der Waals surface area (Å²) in [7, 11) is 0. The number of alkyl halides is 1. The van der Waals surface area contributed by atoms with Crippen LogP contribution < -0.4 is 0 Å². The molecule has 9 nitrogen and oxygen atoms in total. The maximum Gasteiger partial charge on any atom is 0.220 e. The number of carbonyl (C=O) groups excluding carboxylic acids is 4. The number of hydrogen-bond donors (Lipinski definition) is 4. The summed E-state index contributed by atoms with van der Waals surface area (Å²) in [6, 6.07) is 0. The predicted molar refractivity (Wildman–Crippen MR) is 81.2 cm³/mol. The van der Waals surface area contributed by atoms with Gasteiger partial charge in [-0.1, -0.05) is 0 Å². The van der Waals surface area contributed by atoms with Crippen molar-refractivity contribution in [1.82, 2.24) is 0 Å². The minimum absolute atomic E-state index is 0.717. The fraction of sp³-hybridized carbons (Fsp3) is 0.714. The van der Waals surface area contributed by atoms with Crippen LogP contribution in [0.4, 0.5) is 0 Å². The molecular weight excluding hydrogens is 392 g/mol. The highest BCUT2D eigenvalue weighted by molar-refractivity contribution is 9.10. The van der Waals surface area contributed by atoms with Gasteiger partial charge < -0.3 is 25.2 Å². The van der Waals surface area contributed by atoms with Gasteiger partial charge in [-0.3, -0.25) is 19.2 Å². The van der Waals surface area contributed by atoms with Crippen molar-refractivity contribution in [3.63, 3.8) is 0 Å². The molecule has 0 aromatic carbocycles. The standard InChI is InChI=1S/C14H19BrO9/c1-6(17)11(21)10(5-16)24-14(15,9(4)20)13(23,8(3)19)12(11,22)7(2)18/h10,16,21-23H,5H2,1-4H3/t10-,11+,12+,13-,14-/m1/s1. The molecule has 0 spiro atoms. The average molecular weight is 411 g/mol. The maximum atomic E-state index is 12.2. The Bertz CT molecular complexity index is 619. The zero-order valence-corrected chi connectivity index (χ0v) is 15.1. The van der Waals surface area contributed by atoms with E-state index in [-0.39, 0.29) is 0 Å². The summed E-state index contributed by atoms with van der Waals surface area (Å²) in [6.07, 6.45) is -1.98. The van der Waals surface area contributed by atoms with Gasteiger partial charge in [0.05, 0.1) is 6.61 Å². The van der Waals surface area contributed by atoms with Gasteiger partial charge in [-0.25, -0.2) is 0 Å². The number of ether oxygens (including phenoxy) is 1. The van der Waals surface area contributed by atoms with E-state index in [0.717, 1.165) is 27.7 Å². The Labute approximate surface area is 145 Å². The molecule has 5 atom stereocenters. The van der Waals surface area contributed by atoms with Crippen molar-refractivity contribution in [1.29, 1.82) is 0 Å². The SMILES string of the molecule is CC(=O)[C@@]1(O)[C@](O)(C(C)=O)[C@](O)(C(C)=O)[C@@H](CO)O[C@]1(Br)C(C)=O. The van der Waals surface area contributed by atoms with Crippen LogP contribution in [0.1, 0.15) is 27.7 Å². The normalized spacial score (nSPS) is 42.5. The minimum atomic E-state index is -3.46. The first-order chi connectivity index (χ1) is 10.7.